The summed E-state index contributed by atoms with van der Waals surface area (Å²) >= 11 is 3.53. The number of hydrogen-bond donors (Lipinski definition) is 0. The van der Waals surface area contributed by atoms with Crippen molar-refractivity contribution in [2.45, 2.75) is 18.2 Å². The van der Waals surface area contributed by atoms with Gasteiger partial charge >= 0.3 is 0 Å². The zero-order valence-corrected chi connectivity index (χ0v) is 6.48. The van der Waals surface area contributed by atoms with Gasteiger partial charge in [-0.3, -0.25) is 0 Å². The zero-order chi connectivity index (χ0) is 5.98. The van der Waals surface area contributed by atoms with Crippen LogP contribution in [0.3, 0.4) is 0 Å². The monoisotopic (exact) mass is 172 g/mol. The maximum absolute atomic E-state index is 3.53. The van der Waals surface area contributed by atoms with Crippen LogP contribution in [0.4, 0.5) is 0 Å². The molecule has 0 aromatic rings. The fourth-order valence-electron chi connectivity index (χ4n) is 0.708. The van der Waals surface area contributed by atoms with E-state index in [1.54, 1.807) is 0 Å². The number of alkyl halides is 1. The minimum Gasteiger partial charge on any atom is -0.0839 e. The number of allylic oxidation sites excluding steroid dienone is 4. The van der Waals surface area contributed by atoms with Crippen molar-refractivity contribution in [2.75, 3.05) is 0 Å². The SMILES string of the molecule is CC1=CC=CCC1Br. The van der Waals surface area contributed by atoms with E-state index in [0.717, 1.165) is 6.42 Å². The van der Waals surface area contributed by atoms with Crippen LogP contribution >= 0.6 is 15.9 Å². The molecule has 0 N–H and O–H groups in total. The van der Waals surface area contributed by atoms with Crippen molar-refractivity contribution in [3.8, 4) is 0 Å². The quantitative estimate of drug-likeness (QED) is 0.494. The molecular formula is C7H9Br. The van der Waals surface area contributed by atoms with Crippen LogP contribution in [-0.2, 0) is 0 Å². The van der Waals surface area contributed by atoms with Gasteiger partial charge in [-0.05, 0) is 13.3 Å². The van der Waals surface area contributed by atoms with Crippen molar-refractivity contribution >= 4 is 15.9 Å². The third-order valence-corrected chi connectivity index (χ3v) is 2.43. The molecule has 1 aliphatic carbocycles. The second-order valence-electron chi connectivity index (χ2n) is 2.04. The van der Waals surface area contributed by atoms with Gasteiger partial charge in [0.1, 0.15) is 0 Å². The minimum atomic E-state index is 0.590. The molecule has 0 fully saturated rings. The van der Waals surface area contributed by atoms with E-state index < -0.39 is 0 Å². The number of rotatable bonds is 0. The minimum absolute atomic E-state index is 0.590. The molecule has 0 nitrogen and oxygen atoms in total. The fraction of sp³-hybridized carbons (Fsp3) is 0.429. The highest BCUT2D eigenvalue weighted by atomic mass is 79.9. The maximum Gasteiger partial charge on any atom is 0.0389 e. The van der Waals surface area contributed by atoms with Gasteiger partial charge in [0.05, 0.1) is 0 Å². The van der Waals surface area contributed by atoms with E-state index in [9.17, 15) is 0 Å². The molecule has 0 aromatic carbocycles. The Balaban J connectivity index is 2.66. The summed E-state index contributed by atoms with van der Waals surface area (Å²) in [7, 11) is 0. The molecule has 0 bridgehead atoms. The number of hydrogen-bond acceptors (Lipinski definition) is 0. The van der Waals surface area contributed by atoms with Crippen molar-refractivity contribution < 1.29 is 0 Å². The number of halogens is 1. The summed E-state index contributed by atoms with van der Waals surface area (Å²) in [6.07, 6.45) is 7.56. The summed E-state index contributed by atoms with van der Waals surface area (Å²) in [5.41, 5.74) is 1.42. The average Bonchev–Trinajstić information content (AvgIpc) is 1.77. The van der Waals surface area contributed by atoms with Crippen LogP contribution in [0.15, 0.2) is 23.8 Å². The molecule has 0 amide bonds. The molecule has 1 unspecified atom stereocenters. The highest BCUT2D eigenvalue weighted by molar-refractivity contribution is 9.09. The smallest absolute Gasteiger partial charge is 0.0389 e. The van der Waals surface area contributed by atoms with E-state index in [-0.39, 0.29) is 0 Å². The lowest BCUT2D eigenvalue weighted by Crippen LogP contribution is -1.99. The molecule has 0 heterocycles. The Kier molecular flexibility index (Phi) is 1.90. The van der Waals surface area contributed by atoms with Crippen molar-refractivity contribution in [1.82, 2.24) is 0 Å². The average molecular weight is 173 g/mol. The molecule has 1 heteroatoms. The van der Waals surface area contributed by atoms with Crippen LogP contribution in [0.2, 0.25) is 0 Å². The molecule has 0 aromatic heterocycles. The van der Waals surface area contributed by atoms with Crippen LogP contribution in [0, 0.1) is 0 Å². The summed E-state index contributed by atoms with van der Waals surface area (Å²) in [6, 6.07) is 0. The molecule has 8 heavy (non-hydrogen) atoms. The van der Waals surface area contributed by atoms with Gasteiger partial charge < -0.3 is 0 Å². The molecule has 0 saturated carbocycles. The Morgan fingerprint density at radius 3 is 2.88 bits per heavy atom. The Labute approximate surface area is 58.4 Å². The molecule has 44 valence electrons. The molecule has 1 rings (SSSR count). The van der Waals surface area contributed by atoms with Crippen LogP contribution in [-0.4, -0.2) is 4.83 Å². The maximum atomic E-state index is 3.53. The summed E-state index contributed by atoms with van der Waals surface area (Å²) < 4.78 is 0. The van der Waals surface area contributed by atoms with Gasteiger partial charge in [-0.15, -0.1) is 0 Å². The van der Waals surface area contributed by atoms with Gasteiger partial charge in [0.25, 0.3) is 0 Å². The lowest BCUT2D eigenvalue weighted by Gasteiger charge is -2.09. The van der Waals surface area contributed by atoms with Crippen molar-refractivity contribution in [2.24, 2.45) is 0 Å². The van der Waals surface area contributed by atoms with Crippen molar-refractivity contribution in [3.05, 3.63) is 23.8 Å². The fourth-order valence-corrected chi connectivity index (χ4v) is 1.08. The van der Waals surface area contributed by atoms with E-state index in [2.05, 4.69) is 41.1 Å². The van der Waals surface area contributed by atoms with E-state index in [4.69, 9.17) is 0 Å². The lowest BCUT2D eigenvalue weighted by molar-refractivity contribution is 0.998. The molecular weight excluding hydrogens is 164 g/mol. The van der Waals surface area contributed by atoms with Crippen LogP contribution in [0.1, 0.15) is 13.3 Å². The summed E-state index contributed by atoms with van der Waals surface area (Å²) in [5.74, 6) is 0. The Bertz CT molecular complexity index is 133. The molecule has 1 atom stereocenters. The molecule has 0 aliphatic heterocycles. The van der Waals surface area contributed by atoms with Crippen LogP contribution < -0.4 is 0 Å². The standard InChI is InChI=1S/C7H9Br/c1-6-4-2-3-5-7(6)8/h2-4,7H,5H2,1H3. The van der Waals surface area contributed by atoms with Gasteiger partial charge in [-0.1, -0.05) is 39.7 Å². The highest BCUT2D eigenvalue weighted by Crippen LogP contribution is 2.19. The first-order chi connectivity index (χ1) is 3.80. The topological polar surface area (TPSA) is 0 Å². The van der Waals surface area contributed by atoms with Crippen LogP contribution in [0.25, 0.3) is 0 Å². The first kappa shape index (κ1) is 6.09. The first-order valence-electron chi connectivity index (χ1n) is 2.78. The Morgan fingerprint density at radius 1 is 1.75 bits per heavy atom. The Morgan fingerprint density at radius 2 is 2.50 bits per heavy atom. The first-order valence-corrected chi connectivity index (χ1v) is 3.69. The third kappa shape index (κ3) is 1.22. The molecule has 1 aliphatic rings. The highest BCUT2D eigenvalue weighted by Gasteiger charge is 2.04. The summed E-state index contributed by atoms with van der Waals surface area (Å²) in [6.45, 7) is 2.14. The van der Waals surface area contributed by atoms with Gasteiger partial charge in [0, 0.05) is 4.83 Å². The summed E-state index contributed by atoms with van der Waals surface area (Å²) in [4.78, 5) is 0.590. The van der Waals surface area contributed by atoms with E-state index in [1.165, 1.54) is 5.57 Å². The Hall–Kier alpha value is -0.0400. The zero-order valence-electron chi connectivity index (χ0n) is 4.89. The van der Waals surface area contributed by atoms with Gasteiger partial charge in [-0.25, -0.2) is 0 Å². The second-order valence-corrected chi connectivity index (χ2v) is 3.15. The summed E-state index contributed by atoms with van der Waals surface area (Å²) in [5, 5.41) is 0. The van der Waals surface area contributed by atoms with Crippen molar-refractivity contribution in [1.29, 1.82) is 0 Å². The van der Waals surface area contributed by atoms with Gasteiger partial charge in [0.2, 0.25) is 0 Å². The third-order valence-electron chi connectivity index (χ3n) is 1.33. The normalized spacial score (nSPS) is 27.8. The van der Waals surface area contributed by atoms with Gasteiger partial charge in [0.15, 0.2) is 0 Å². The predicted molar refractivity (Wildman–Crippen MR) is 40.2 cm³/mol. The molecule has 0 saturated heterocycles. The van der Waals surface area contributed by atoms with E-state index >= 15 is 0 Å². The van der Waals surface area contributed by atoms with Crippen molar-refractivity contribution in [3.63, 3.8) is 0 Å². The van der Waals surface area contributed by atoms with E-state index in [0.29, 0.717) is 4.83 Å². The lowest BCUT2D eigenvalue weighted by atomic mass is 10.1. The molecule has 0 spiro atoms. The predicted octanol–water partition coefficient (Wildman–Crippen LogP) is 2.66. The van der Waals surface area contributed by atoms with Gasteiger partial charge in [-0.2, -0.15) is 0 Å². The second kappa shape index (κ2) is 2.49. The van der Waals surface area contributed by atoms with E-state index in [1.807, 2.05) is 0 Å². The molecule has 0 radical (unpaired) electrons. The van der Waals surface area contributed by atoms with Crippen LogP contribution in [0.5, 0.6) is 0 Å². The largest absolute Gasteiger partial charge is 0.0839 e.